The van der Waals surface area contributed by atoms with Gasteiger partial charge in [0.1, 0.15) is 0 Å². The fraction of sp³-hybridized carbons (Fsp3) is 0.125. The van der Waals surface area contributed by atoms with Crippen LogP contribution in [0, 0.1) is 0 Å². The van der Waals surface area contributed by atoms with Crippen molar-refractivity contribution in [1.29, 1.82) is 0 Å². The van der Waals surface area contributed by atoms with Crippen molar-refractivity contribution in [2.45, 2.75) is 19.3 Å². The fourth-order valence-electron chi connectivity index (χ4n) is 2.98. The van der Waals surface area contributed by atoms with E-state index in [1.807, 2.05) is 60.7 Å². The van der Waals surface area contributed by atoms with Crippen molar-refractivity contribution in [3.8, 4) is 0 Å². The van der Waals surface area contributed by atoms with Crippen molar-refractivity contribution < 1.29 is 18.0 Å². The molecule has 0 unspecified atom stereocenters. The van der Waals surface area contributed by atoms with E-state index in [-0.39, 0.29) is 18.7 Å². The lowest BCUT2D eigenvalue weighted by atomic mass is 10.0. The Kier molecular flexibility index (Phi) is 6.50. The first kappa shape index (κ1) is 20.4. The molecule has 0 atom stereocenters. The lowest BCUT2D eigenvalue weighted by molar-refractivity contribution is -0.127. The van der Waals surface area contributed by atoms with E-state index >= 15 is 0 Å². The van der Waals surface area contributed by atoms with Gasteiger partial charge in [-0.05, 0) is 16.7 Å². The third-order valence-corrected chi connectivity index (χ3v) is 4.40. The molecule has 29 heavy (non-hydrogen) atoms. The Morgan fingerprint density at radius 3 is 1.55 bits per heavy atom. The van der Waals surface area contributed by atoms with Crippen molar-refractivity contribution in [2.24, 2.45) is 0 Å². The highest BCUT2D eigenvalue weighted by molar-refractivity contribution is 5.96. The number of halogens is 3. The van der Waals surface area contributed by atoms with Gasteiger partial charge in [0.15, 0.2) is 0 Å². The molecule has 1 amide bonds. The second kappa shape index (κ2) is 9.24. The van der Waals surface area contributed by atoms with Crippen LogP contribution in [0.2, 0.25) is 0 Å². The number of alkyl halides is 3. The van der Waals surface area contributed by atoms with E-state index < -0.39 is 17.7 Å². The highest BCUT2D eigenvalue weighted by Crippen LogP contribution is 2.34. The van der Waals surface area contributed by atoms with Gasteiger partial charge in [0.25, 0.3) is 0 Å². The molecule has 3 aromatic carbocycles. The van der Waals surface area contributed by atoms with Gasteiger partial charge in [-0.3, -0.25) is 4.79 Å². The molecule has 0 spiro atoms. The second-order valence-electron chi connectivity index (χ2n) is 6.59. The summed E-state index contributed by atoms with van der Waals surface area (Å²) in [5, 5.41) is 0. The summed E-state index contributed by atoms with van der Waals surface area (Å²) in [6.07, 6.45) is -3.94. The van der Waals surface area contributed by atoms with Gasteiger partial charge in [-0.15, -0.1) is 0 Å². The van der Waals surface area contributed by atoms with Crippen LogP contribution in [-0.2, 0) is 17.9 Å². The van der Waals surface area contributed by atoms with Gasteiger partial charge in [0.2, 0.25) is 5.91 Å². The third-order valence-electron chi connectivity index (χ3n) is 4.40. The van der Waals surface area contributed by atoms with E-state index in [4.69, 9.17) is 0 Å². The summed E-state index contributed by atoms with van der Waals surface area (Å²) in [6.45, 7) is 0.427. The molecule has 0 bridgehead atoms. The van der Waals surface area contributed by atoms with Gasteiger partial charge in [0.05, 0.1) is 5.57 Å². The van der Waals surface area contributed by atoms with Crippen LogP contribution < -0.4 is 0 Å². The summed E-state index contributed by atoms with van der Waals surface area (Å²) in [5.74, 6) is -0.686. The van der Waals surface area contributed by atoms with Crippen LogP contribution in [-0.4, -0.2) is 17.0 Å². The molecule has 0 radical (unpaired) electrons. The number of hydrogen-bond donors (Lipinski definition) is 0. The summed E-state index contributed by atoms with van der Waals surface area (Å²) in [4.78, 5) is 14.3. The molecule has 0 aliphatic carbocycles. The van der Waals surface area contributed by atoms with Crippen molar-refractivity contribution in [1.82, 2.24) is 4.90 Å². The lowest BCUT2D eigenvalue weighted by Crippen LogP contribution is -2.29. The summed E-state index contributed by atoms with van der Waals surface area (Å²) in [7, 11) is 0. The van der Waals surface area contributed by atoms with Gasteiger partial charge in [-0.1, -0.05) is 91.0 Å². The summed E-state index contributed by atoms with van der Waals surface area (Å²) >= 11 is 0. The average molecular weight is 395 g/mol. The SMILES string of the molecule is O=C(/C=C(/c1ccccc1)C(F)(F)F)N(Cc1ccccc1)Cc1ccccc1. The zero-order valence-corrected chi connectivity index (χ0v) is 15.6. The van der Waals surface area contributed by atoms with Gasteiger partial charge in [-0.2, -0.15) is 13.2 Å². The summed E-state index contributed by atoms with van der Waals surface area (Å²) < 4.78 is 40.9. The molecule has 0 heterocycles. The lowest BCUT2D eigenvalue weighted by Gasteiger charge is -2.23. The van der Waals surface area contributed by atoms with Crippen molar-refractivity contribution in [3.63, 3.8) is 0 Å². The largest absolute Gasteiger partial charge is 0.417 e. The highest BCUT2D eigenvalue weighted by atomic mass is 19.4. The average Bonchev–Trinajstić information content (AvgIpc) is 2.72. The fourth-order valence-corrected chi connectivity index (χ4v) is 2.98. The molecule has 0 aliphatic rings. The Hall–Kier alpha value is -3.34. The number of rotatable bonds is 6. The Labute approximate surface area is 167 Å². The van der Waals surface area contributed by atoms with Crippen molar-refractivity contribution in [2.75, 3.05) is 0 Å². The first-order valence-electron chi connectivity index (χ1n) is 9.14. The van der Waals surface area contributed by atoms with Crippen LogP contribution in [0.4, 0.5) is 13.2 Å². The van der Waals surface area contributed by atoms with Gasteiger partial charge in [0, 0.05) is 19.2 Å². The predicted molar refractivity (Wildman–Crippen MR) is 108 cm³/mol. The van der Waals surface area contributed by atoms with Crippen molar-refractivity contribution >= 4 is 11.5 Å². The number of amides is 1. The topological polar surface area (TPSA) is 20.3 Å². The van der Waals surface area contributed by atoms with Crippen LogP contribution in [0.1, 0.15) is 16.7 Å². The number of allylic oxidation sites excluding steroid dienone is 1. The summed E-state index contributed by atoms with van der Waals surface area (Å²) in [6, 6.07) is 25.8. The number of carbonyl (C=O) groups is 1. The zero-order chi connectivity index (χ0) is 20.7. The van der Waals surface area contributed by atoms with Crippen LogP contribution in [0.15, 0.2) is 97.1 Å². The second-order valence-corrected chi connectivity index (χ2v) is 6.59. The molecular weight excluding hydrogens is 375 g/mol. The van der Waals surface area contributed by atoms with E-state index in [0.717, 1.165) is 11.1 Å². The van der Waals surface area contributed by atoms with E-state index in [1.54, 1.807) is 6.07 Å². The standard InChI is InChI=1S/C24H20F3NO/c25-24(26,27)22(21-14-8-3-9-15-21)16-23(29)28(17-19-10-4-1-5-11-19)18-20-12-6-2-7-13-20/h1-16H,17-18H2/b22-16-. The molecular formula is C24H20F3NO. The minimum absolute atomic E-state index is 0.0345. The van der Waals surface area contributed by atoms with Crippen LogP contribution in [0.25, 0.3) is 5.57 Å². The van der Waals surface area contributed by atoms with Gasteiger partial charge < -0.3 is 4.90 Å². The van der Waals surface area contributed by atoms with Crippen molar-refractivity contribution in [3.05, 3.63) is 114 Å². The van der Waals surface area contributed by atoms with E-state index in [1.165, 1.54) is 29.2 Å². The monoisotopic (exact) mass is 395 g/mol. The number of nitrogens with zero attached hydrogens (tertiary/aromatic N) is 1. The molecule has 2 nitrogen and oxygen atoms in total. The molecule has 0 aromatic heterocycles. The van der Waals surface area contributed by atoms with Crippen LogP contribution in [0.3, 0.4) is 0 Å². The molecule has 0 saturated heterocycles. The smallest absolute Gasteiger partial charge is 0.330 e. The Morgan fingerprint density at radius 2 is 1.14 bits per heavy atom. The minimum Gasteiger partial charge on any atom is -0.330 e. The maximum Gasteiger partial charge on any atom is 0.417 e. The number of carbonyl (C=O) groups excluding carboxylic acids is 1. The highest BCUT2D eigenvalue weighted by Gasteiger charge is 2.35. The molecule has 0 aliphatic heterocycles. The zero-order valence-electron chi connectivity index (χ0n) is 15.6. The van der Waals surface area contributed by atoms with E-state index in [0.29, 0.717) is 6.08 Å². The summed E-state index contributed by atoms with van der Waals surface area (Å²) in [5.41, 5.74) is 0.707. The molecule has 3 aromatic rings. The van der Waals surface area contributed by atoms with Gasteiger partial charge in [-0.25, -0.2) is 0 Å². The molecule has 0 fully saturated rings. The maximum absolute atomic E-state index is 13.6. The Bertz CT molecular complexity index is 910. The number of benzene rings is 3. The predicted octanol–water partition coefficient (Wildman–Crippen LogP) is 5.86. The quantitative estimate of drug-likeness (QED) is 0.479. The normalized spacial score (nSPS) is 11.9. The van der Waals surface area contributed by atoms with E-state index in [2.05, 4.69) is 0 Å². The minimum atomic E-state index is -4.64. The molecule has 148 valence electrons. The maximum atomic E-state index is 13.6. The first-order valence-corrected chi connectivity index (χ1v) is 9.14. The molecule has 0 saturated carbocycles. The van der Waals surface area contributed by atoms with Gasteiger partial charge >= 0.3 is 6.18 Å². The van der Waals surface area contributed by atoms with Crippen LogP contribution in [0.5, 0.6) is 0 Å². The molecule has 3 rings (SSSR count). The number of hydrogen-bond acceptors (Lipinski definition) is 1. The van der Waals surface area contributed by atoms with E-state index in [9.17, 15) is 18.0 Å². The Balaban J connectivity index is 1.94. The third kappa shape index (κ3) is 5.82. The molecule has 5 heteroatoms. The molecule has 0 N–H and O–H groups in total. The Morgan fingerprint density at radius 1 is 0.724 bits per heavy atom. The first-order chi connectivity index (χ1) is 13.9. The van der Waals surface area contributed by atoms with Crippen LogP contribution >= 0.6 is 0 Å².